The largest absolute Gasteiger partial charge is 0.508 e. The van der Waals surface area contributed by atoms with Crippen LogP contribution in [-0.4, -0.2) is 10.2 Å². The first kappa shape index (κ1) is 10.4. The summed E-state index contributed by atoms with van der Waals surface area (Å²) in [4.78, 5) is 0. The second-order valence-electron chi connectivity index (χ2n) is 3.57. The van der Waals surface area contributed by atoms with Gasteiger partial charge in [0, 0.05) is 12.2 Å². The van der Waals surface area contributed by atoms with E-state index in [1.54, 1.807) is 24.3 Å². The van der Waals surface area contributed by atoms with E-state index in [2.05, 4.69) is 5.32 Å². The van der Waals surface area contributed by atoms with Crippen LogP contribution in [0.3, 0.4) is 0 Å². The minimum atomic E-state index is 0.259. The van der Waals surface area contributed by atoms with Crippen molar-refractivity contribution in [3.05, 3.63) is 54.1 Å². The van der Waals surface area contributed by atoms with Crippen molar-refractivity contribution in [3.8, 4) is 11.5 Å². The Morgan fingerprint density at radius 3 is 1.81 bits per heavy atom. The first-order valence-corrected chi connectivity index (χ1v) is 5.05. The molecule has 0 aliphatic rings. The molecule has 0 saturated carbocycles. The summed E-state index contributed by atoms with van der Waals surface area (Å²) in [5.74, 6) is 0.531. The smallest absolute Gasteiger partial charge is 0.115 e. The van der Waals surface area contributed by atoms with Gasteiger partial charge in [-0.1, -0.05) is 12.1 Å². The van der Waals surface area contributed by atoms with Crippen LogP contribution in [0.15, 0.2) is 48.5 Å². The maximum absolute atomic E-state index is 9.12. The van der Waals surface area contributed by atoms with E-state index in [4.69, 9.17) is 10.2 Å². The number of nitrogens with one attached hydrogen (secondary N) is 1. The van der Waals surface area contributed by atoms with Crippen molar-refractivity contribution in [2.45, 2.75) is 6.54 Å². The van der Waals surface area contributed by atoms with Crippen LogP contribution < -0.4 is 5.32 Å². The molecule has 0 atom stereocenters. The molecule has 0 saturated heterocycles. The highest BCUT2D eigenvalue weighted by Crippen LogP contribution is 2.15. The van der Waals surface area contributed by atoms with Crippen molar-refractivity contribution in [1.82, 2.24) is 0 Å². The highest BCUT2D eigenvalue weighted by molar-refractivity contribution is 5.46. The molecule has 0 radical (unpaired) electrons. The highest BCUT2D eigenvalue weighted by Gasteiger charge is 1.94. The lowest BCUT2D eigenvalue weighted by molar-refractivity contribution is 0.474. The van der Waals surface area contributed by atoms with Crippen LogP contribution in [0.1, 0.15) is 5.56 Å². The Hall–Kier alpha value is -2.16. The lowest BCUT2D eigenvalue weighted by atomic mass is 10.2. The minimum absolute atomic E-state index is 0.259. The number of phenolic OH excluding ortho intramolecular Hbond substituents is 2. The molecule has 0 aliphatic heterocycles. The van der Waals surface area contributed by atoms with E-state index in [0.29, 0.717) is 6.54 Å². The topological polar surface area (TPSA) is 52.5 Å². The monoisotopic (exact) mass is 215 g/mol. The van der Waals surface area contributed by atoms with Crippen molar-refractivity contribution in [2.24, 2.45) is 0 Å². The highest BCUT2D eigenvalue weighted by atomic mass is 16.3. The molecule has 0 aliphatic carbocycles. The summed E-state index contributed by atoms with van der Waals surface area (Å²) in [5, 5.41) is 21.5. The van der Waals surface area contributed by atoms with Crippen LogP contribution in [-0.2, 0) is 6.54 Å². The van der Waals surface area contributed by atoms with Crippen molar-refractivity contribution in [1.29, 1.82) is 0 Å². The summed E-state index contributed by atoms with van der Waals surface area (Å²) in [5.41, 5.74) is 2.04. The Kier molecular flexibility index (Phi) is 2.96. The van der Waals surface area contributed by atoms with Gasteiger partial charge < -0.3 is 15.5 Å². The first-order chi connectivity index (χ1) is 7.74. The molecule has 0 aromatic heterocycles. The molecular formula is C13H13NO2. The zero-order chi connectivity index (χ0) is 11.4. The summed E-state index contributed by atoms with van der Waals surface area (Å²) in [6.07, 6.45) is 0. The van der Waals surface area contributed by atoms with Crippen LogP contribution in [0.2, 0.25) is 0 Å². The van der Waals surface area contributed by atoms with Gasteiger partial charge in [0.1, 0.15) is 11.5 Å². The van der Waals surface area contributed by atoms with Gasteiger partial charge in [-0.2, -0.15) is 0 Å². The van der Waals surface area contributed by atoms with Gasteiger partial charge in [-0.15, -0.1) is 0 Å². The van der Waals surface area contributed by atoms with Crippen molar-refractivity contribution in [3.63, 3.8) is 0 Å². The third-order valence-electron chi connectivity index (χ3n) is 2.30. The Labute approximate surface area is 94.0 Å². The third kappa shape index (κ3) is 2.67. The maximum Gasteiger partial charge on any atom is 0.115 e. The molecule has 0 fully saturated rings. The van der Waals surface area contributed by atoms with Gasteiger partial charge >= 0.3 is 0 Å². The summed E-state index contributed by atoms with van der Waals surface area (Å²) in [7, 11) is 0. The number of aromatic hydroxyl groups is 2. The van der Waals surface area contributed by atoms with Gasteiger partial charge in [-0.05, 0) is 42.0 Å². The van der Waals surface area contributed by atoms with Crippen LogP contribution in [0.25, 0.3) is 0 Å². The van der Waals surface area contributed by atoms with E-state index in [0.717, 1.165) is 11.3 Å². The fourth-order valence-corrected chi connectivity index (χ4v) is 1.40. The average molecular weight is 215 g/mol. The number of phenols is 2. The second kappa shape index (κ2) is 4.57. The zero-order valence-electron chi connectivity index (χ0n) is 8.72. The molecule has 3 nitrogen and oxygen atoms in total. The number of hydrogen-bond donors (Lipinski definition) is 3. The standard InChI is InChI=1S/C13H13NO2/c15-12-5-1-10(2-6-12)9-14-11-3-7-13(16)8-4-11/h1-8,14-16H,9H2. The predicted octanol–water partition coefficient (Wildman–Crippen LogP) is 2.71. The lowest BCUT2D eigenvalue weighted by Crippen LogP contribution is -1.98. The fraction of sp³-hybridized carbons (Fsp3) is 0.0769. The molecule has 0 unspecified atom stereocenters. The van der Waals surface area contributed by atoms with Gasteiger partial charge in [0.15, 0.2) is 0 Å². The maximum atomic E-state index is 9.12. The fourth-order valence-electron chi connectivity index (χ4n) is 1.40. The molecule has 2 aromatic rings. The SMILES string of the molecule is Oc1ccc(CNc2ccc(O)cc2)cc1. The molecule has 2 aromatic carbocycles. The van der Waals surface area contributed by atoms with Crippen LogP contribution in [0.5, 0.6) is 11.5 Å². The second-order valence-corrected chi connectivity index (χ2v) is 3.57. The summed E-state index contributed by atoms with van der Waals surface area (Å²) < 4.78 is 0. The van der Waals surface area contributed by atoms with E-state index < -0.39 is 0 Å². The number of benzene rings is 2. The molecule has 0 amide bonds. The van der Waals surface area contributed by atoms with Crippen molar-refractivity contribution in [2.75, 3.05) is 5.32 Å². The predicted molar refractivity (Wildman–Crippen MR) is 63.5 cm³/mol. The van der Waals surface area contributed by atoms with Gasteiger partial charge in [-0.3, -0.25) is 0 Å². The van der Waals surface area contributed by atoms with E-state index in [1.807, 2.05) is 24.3 Å². The minimum Gasteiger partial charge on any atom is -0.508 e. The molecule has 82 valence electrons. The molecular weight excluding hydrogens is 202 g/mol. The Bertz CT molecular complexity index is 403. The van der Waals surface area contributed by atoms with Gasteiger partial charge in [0.2, 0.25) is 0 Å². The number of anilines is 1. The molecule has 0 spiro atoms. The molecule has 3 heteroatoms. The van der Waals surface area contributed by atoms with Crippen molar-refractivity contribution >= 4 is 5.69 Å². The first-order valence-electron chi connectivity index (χ1n) is 5.05. The van der Waals surface area contributed by atoms with E-state index in [-0.39, 0.29) is 11.5 Å². The van der Waals surface area contributed by atoms with Gasteiger partial charge in [-0.25, -0.2) is 0 Å². The zero-order valence-corrected chi connectivity index (χ0v) is 8.72. The molecule has 3 N–H and O–H groups in total. The Morgan fingerprint density at radius 1 is 0.750 bits per heavy atom. The Balaban J connectivity index is 1.97. The summed E-state index contributed by atoms with van der Waals surface area (Å²) in [6.45, 7) is 0.686. The van der Waals surface area contributed by atoms with Crippen LogP contribution >= 0.6 is 0 Å². The quantitative estimate of drug-likeness (QED) is 0.690. The third-order valence-corrected chi connectivity index (χ3v) is 2.30. The summed E-state index contributed by atoms with van der Waals surface area (Å²) >= 11 is 0. The molecule has 0 bridgehead atoms. The average Bonchev–Trinajstić information content (AvgIpc) is 2.30. The van der Waals surface area contributed by atoms with Crippen molar-refractivity contribution < 1.29 is 10.2 Å². The Morgan fingerprint density at radius 2 is 1.25 bits per heavy atom. The lowest BCUT2D eigenvalue weighted by Gasteiger charge is -2.06. The van der Waals surface area contributed by atoms with Crippen LogP contribution in [0.4, 0.5) is 5.69 Å². The molecule has 16 heavy (non-hydrogen) atoms. The van der Waals surface area contributed by atoms with Gasteiger partial charge in [0.05, 0.1) is 0 Å². The number of hydrogen-bond acceptors (Lipinski definition) is 3. The van der Waals surface area contributed by atoms with E-state index in [1.165, 1.54) is 0 Å². The van der Waals surface area contributed by atoms with Crippen LogP contribution in [0, 0.1) is 0 Å². The van der Waals surface area contributed by atoms with E-state index in [9.17, 15) is 0 Å². The summed E-state index contributed by atoms with van der Waals surface area (Å²) in [6, 6.07) is 14.0. The molecule has 2 rings (SSSR count). The van der Waals surface area contributed by atoms with Gasteiger partial charge in [0.25, 0.3) is 0 Å². The molecule has 0 heterocycles. The normalized spacial score (nSPS) is 10.0. The number of rotatable bonds is 3. The van der Waals surface area contributed by atoms with E-state index >= 15 is 0 Å².